The summed E-state index contributed by atoms with van der Waals surface area (Å²) in [6.07, 6.45) is 2.44. The number of aryl methyl sites for hydroxylation is 1. The van der Waals surface area contributed by atoms with Gasteiger partial charge in [-0.15, -0.1) is 0 Å². The third-order valence-electron chi connectivity index (χ3n) is 3.03. The number of hydrogen-bond donors (Lipinski definition) is 1. The Kier molecular flexibility index (Phi) is 2.80. The second kappa shape index (κ2) is 4.09. The van der Waals surface area contributed by atoms with Gasteiger partial charge < -0.3 is 9.73 Å². The van der Waals surface area contributed by atoms with E-state index in [-0.39, 0.29) is 5.91 Å². The summed E-state index contributed by atoms with van der Waals surface area (Å²) in [6, 6.07) is 4.04. The average Bonchev–Trinajstić information content (AvgIpc) is 2.80. The number of furan rings is 1. The summed E-state index contributed by atoms with van der Waals surface area (Å²) in [6.45, 7) is 2.23. The number of carbonyl (C=O) groups excluding carboxylic acids is 1. The fourth-order valence-electron chi connectivity index (χ4n) is 1.81. The Morgan fingerprint density at radius 2 is 2.33 bits per heavy atom. The molecule has 0 saturated heterocycles. The maximum atomic E-state index is 11.0. The van der Waals surface area contributed by atoms with Crippen LogP contribution in [0.5, 0.6) is 0 Å². The van der Waals surface area contributed by atoms with Gasteiger partial charge in [0, 0.05) is 25.8 Å². The minimum atomic E-state index is 0.0627. The van der Waals surface area contributed by atoms with Crippen molar-refractivity contribution >= 4 is 5.91 Å². The summed E-state index contributed by atoms with van der Waals surface area (Å²) >= 11 is 0. The van der Waals surface area contributed by atoms with Crippen molar-refractivity contribution < 1.29 is 9.21 Å². The first-order chi connectivity index (χ1) is 7.20. The molecule has 0 spiro atoms. The minimum Gasteiger partial charge on any atom is -0.466 e. The zero-order chi connectivity index (χ0) is 10.8. The van der Waals surface area contributed by atoms with E-state index in [0.717, 1.165) is 17.4 Å². The molecule has 1 heterocycles. The molecule has 0 bridgehead atoms. The molecule has 3 nitrogen and oxygen atoms in total. The Morgan fingerprint density at radius 3 is 2.93 bits per heavy atom. The van der Waals surface area contributed by atoms with Gasteiger partial charge >= 0.3 is 0 Å². The van der Waals surface area contributed by atoms with Crippen molar-refractivity contribution in [3.05, 3.63) is 23.7 Å². The number of amides is 1. The Hall–Kier alpha value is -1.25. The molecule has 1 aliphatic rings. The van der Waals surface area contributed by atoms with Crippen molar-refractivity contribution in [2.75, 3.05) is 7.05 Å². The summed E-state index contributed by atoms with van der Waals surface area (Å²) in [4.78, 5) is 11.0. The van der Waals surface area contributed by atoms with Crippen molar-refractivity contribution in [2.45, 2.75) is 32.1 Å². The highest BCUT2D eigenvalue weighted by atomic mass is 16.3. The van der Waals surface area contributed by atoms with Crippen LogP contribution < -0.4 is 5.32 Å². The lowest BCUT2D eigenvalue weighted by Crippen LogP contribution is -2.17. The van der Waals surface area contributed by atoms with Crippen LogP contribution >= 0.6 is 0 Å². The van der Waals surface area contributed by atoms with Crippen LogP contribution in [-0.4, -0.2) is 13.0 Å². The summed E-state index contributed by atoms with van der Waals surface area (Å²) in [5, 5.41) is 2.60. The summed E-state index contributed by atoms with van der Waals surface area (Å²) in [5.41, 5.74) is 0. The van der Waals surface area contributed by atoms with Crippen LogP contribution in [0.25, 0.3) is 0 Å². The Labute approximate surface area is 89.9 Å². The smallest absolute Gasteiger partial charge is 0.220 e. The van der Waals surface area contributed by atoms with Crippen LogP contribution in [0.3, 0.4) is 0 Å². The molecule has 1 aromatic rings. The molecule has 1 aliphatic carbocycles. The van der Waals surface area contributed by atoms with Crippen LogP contribution in [0.4, 0.5) is 0 Å². The summed E-state index contributed by atoms with van der Waals surface area (Å²) in [5.74, 6) is 3.47. The first-order valence-electron chi connectivity index (χ1n) is 5.50. The Balaban J connectivity index is 1.87. The molecule has 82 valence electrons. The lowest BCUT2D eigenvalue weighted by molar-refractivity contribution is -0.120. The van der Waals surface area contributed by atoms with Gasteiger partial charge in [0.15, 0.2) is 0 Å². The van der Waals surface area contributed by atoms with Gasteiger partial charge in [-0.2, -0.15) is 0 Å². The van der Waals surface area contributed by atoms with Crippen LogP contribution in [-0.2, 0) is 11.2 Å². The molecule has 2 rings (SSSR count). The average molecular weight is 207 g/mol. The van der Waals surface area contributed by atoms with E-state index in [9.17, 15) is 4.79 Å². The fourth-order valence-corrected chi connectivity index (χ4v) is 1.81. The number of carbonyl (C=O) groups is 1. The molecule has 1 saturated carbocycles. The van der Waals surface area contributed by atoms with E-state index in [1.54, 1.807) is 7.05 Å². The first-order valence-corrected chi connectivity index (χ1v) is 5.50. The lowest BCUT2D eigenvalue weighted by atomic mass is 10.2. The molecule has 0 aliphatic heterocycles. The van der Waals surface area contributed by atoms with E-state index >= 15 is 0 Å². The molecule has 0 aromatic carbocycles. The van der Waals surface area contributed by atoms with Gasteiger partial charge in [-0.3, -0.25) is 4.79 Å². The lowest BCUT2D eigenvalue weighted by Gasteiger charge is -1.97. The molecule has 1 amide bonds. The topological polar surface area (TPSA) is 42.2 Å². The van der Waals surface area contributed by atoms with Gasteiger partial charge in [-0.1, -0.05) is 6.92 Å². The van der Waals surface area contributed by atoms with E-state index in [0.29, 0.717) is 18.8 Å². The molecule has 0 unspecified atom stereocenters. The molecular formula is C12H17NO2. The second-order valence-electron chi connectivity index (χ2n) is 4.30. The highest BCUT2D eigenvalue weighted by Gasteiger charge is 2.36. The van der Waals surface area contributed by atoms with Crippen molar-refractivity contribution in [3.63, 3.8) is 0 Å². The number of hydrogen-bond acceptors (Lipinski definition) is 2. The monoisotopic (exact) mass is 207 g/mol. The standard InChI is InChI=1S/C12H17NO2/c1-8-7-10(8)11-5-3-9(15-11)4-6-12(14)13-2/h3,5,8,10H,4,6-7H2,1-2H3,(H,13,14)/t8-,10+/m0/s1. The van der Waals surface area contributed by atoms with Gasteiger partial charge in [-0.05, 0) is 24.5 Å². The van der Waals surface area contributed by atoms with Gasteiger partial charge in [-0.25, -0.2) is 0 Å². The Bertz CT molecular complexity index is 356. The van der Waals surface area contributed by atoms with Crippen molar-refractivity contribution in [3.8, 4) is 0 Å². The van der Waals surface area contributed by atoms with Gasteiger partial charge in [0.25, 0.3) is 0 Å². The number of nitrogens with one attached hydrogen (secondary N) is 1. The summed E-state index contributed by atoms with van der Waals surface area (Å²) in [7, 11) is 1.65. The van der Waals surface area contributed by atoms with Gasteiger partial charge in [0.05, 0.1) is 0 Å². The quantitative estimate of drug-likeness (QED) is 0.821. The second-order valence-corrected chi connectivity index (χ2v) is 4.30. The maximum absolute atomic E-state index is 11.0. The molecule has 1 fully saturated rings. The zero-order valence-corrected chi connectivity index (χ0v) is 9.25. The molecule has 1 N–H and O–H groups in total. The van der Waals surface area contributed by atoms with Crippen molar-refractivity contribution in [2.24, 2.45) is 5.92 Å². The molecular weight excluding hydrogens is 190 g/mol. The maximum Gasteiger partial charge on any atom is 0.220 e. The van der Waals surface area contributed by atoms with Gasteiger partial charge in [0.1, 0.15) is 11.5 Å². The highest BCUT2D eigenvalue weighted by Crippen LogP contribution is 2.47. The van der Waals surface area contributed by atoms with Crippen LogP contribution in [0, 0.1) is 5.92 Å². The zero-order valence-electron chi connectivity index (χ0n) is 9.25. The minimum absolute atomic E-state index is 0.0627. The third kappa shape index (κ3) is 2.41. The first kappa shape index (κ1) is 10.3. The normalized spacial score (nSPS) is 23.9. The molecule has 3 heteroatoms. The van der Waals surface area contributed by atoms with Gasteiger partial charge in [0.2, 0.25) is 5.91 Å². The van der Waals surface area contributed by atoms with Crippen LogP contribution in [0.15, 0.2) is 16.5 Å². The van der Waals surface area contributed by atoms with E-state index in [4.69, 9.17) is 4.42 Å². The van der Waals surface area contributed by atoms with Crippen LogP contribution in [0.2, 0.25) is 0 Å². The molecule has 1 aromatic heterocycles. The SMILES string of the molecule is CNC(=O)CCc1ccc([C@@H]2C[C@@H]2C)o1. The fraction of sp³-hybridized carbons (Fsp3) is 0.583. The van der Waals surface area contributed by atoms with E-state index in [1.807, 2.05) is 12.1 Å². The van der Waals surface area contributed by atoms with Crippen LogP contribution in [0.1, 0.15) is 37.2 Å². The van der Waals surface area contributed by atoms with Crippen molar-refractivity contribution in [1.82, 2.24) is 5.32 Å². The van der Waals surface area contributed by atoms with E-state index in [1.165, 1.54) is 6.42 Å². The predicted octanol–water partition coefficient (Wildman–Crippen LogP) is 2.08. The molecule has 0 radical (unpaired) electrons. The number of rotatable bonds is 4. The van der Waals surface area contributed by atoms with E-state index in [2.05, 4.69) is 12.2 Å². The highest BCUT2D eigenvalue weighted by molar-refractivity contribution is 5.75. The Morgan fingerprint density at radius 1 is 1.60 bits per heavy atom. The predicted molar refractivity (Wildman–Crippen MR) is 57.6 cm³/mol. The molecule has 15 heavy (non-hydrogen) atoms. The molecule has 2 atom stereocenters. The van der Waals surface area contributed by atoms with Crippen molar-refractivity contribution in [1.29, 1.82) is 0 Å². The third-order valence-corrected chi connectivity index (χ3v) is 3.03. The van der Waals surface area contributed by atoms with E-state index < -0.39 is 0 Å². The summed E-state index contributed by atoms with van der Waals surface area (Å²) < 4.78 is 5.69. The largest absolute Gasteiger partial charge is 0.466 e.